The van der Waals surface area contributed by atoms with Gasteiger partial charge in [-0.1, -0.05) is 0 Å². The predicted molar refractivity (Wildman–Crippen MR) is 75.3 cm³/mol. The Bertz CT molecular complexity index is 613. The van der Waals surface area contributed by atoms with Gasteiger partial charge in [-0.25, -0.2) is 8.42 Å². The number of carboxylic acid groups (broad SMARTS) is 1. The van der Waals surface area contributed by atoms with Crippen LogP contribution in [0.1, 0.15) is 13.3 Å². The maximum absolute atomic E-state index is 12.5. The first-order valence-corrected chi connectivity index (χ1v) is 8.19. The van der Waals surface area contributed by atoms with Crippen molar-refractivity contribution in [1.82, 2.24) is 19.0 Å². The zero-order chi connectivity index (χ0) is 15.6. The number of sulfonamides is 1. The molecule has 0 bridgehead atoms. The molecule has 0 radical (unpaired) electrons. The van der Waals surface area contributed by atoms with Gasteiger partial charge in [0, 0.05) is 31.9 Å². The summed E-state index contributed by atoms with van der Waals surface area (Å²) in [5.74, 6) is -0.942. The molecule has 0 aliphatic carbocycles. The summed E-state index contributed by atoms with van der Waals surface area (Å²) in [5, 5.41) is 12.5. The maximum Gasteiger partial charge on any atom is 0.305 e. The number of aromatic nitrogens is 2. The molecular formula is C12H20N4O4S. The van der Waals surface area contributed by atoms with Crippen molar-refractivity contribution in [2.24, 2.45) is 0 Å². The number of aryl methyl sites for hydroxylation is 1. The Morgan fingerprint density at radius 1 is 1.48 bits per heavy atom. The zero-order valence-electron chi connectivity index (χ0n) is 12.1. The average Bonchev–Trinajstić information content (AvgIpc) is 2.89. The molecular weight excluding hydrogens is 296 g/mol. The fourth-order valence-electron chi connectivity index (χ4n) is 2.19. The first-order valence-electron chi connectivity index (χ1n) is 6.75. The largest absolute Gasteiger partial charge is 0.481 e. The van der Waals surface area contributed by atoms with Gasteiger partial charge in [0.15, 0.2) is 0 Å². The van der Waals surface area contributed by atoms with Crippen LogP contribution < -0.4 is 0 Å². The SMILES string of the molecule is CC1CN(S(=O)(=O)c2cnn(CCC(=O)O)c2)CCN1C. The number of hydrogen-bond donors (Lipinski definition) is 1. The fraction of sp³-hybridized carbons (Fsp3) is 0.667. The lowest BCUT2D eigenvalue weighted by molar-refractivity contribution is -0.137. The van der Waals surface area contributed by atoms with Crippen LogP contribution in [-0.2, 0) is 21.4 Å². The number of hydrogen-bond acceptors (Lipinski definition) is 5. The van der Waals surface area contributed by atoms with Gasteiger partial charge in [-0.15, -0.1) is 0 Å². The van der Waals surface area contributed by atoms with Crippen molar-refractivity contribution >= 4 is 16.0 Å². The summed E-state index contributed by atoms with van der Waals surface area (Å²) in [5.41, 5.74) is 0. The molecule has 1 aromatic rings. The molecule has 1 aromatic heterocycles. The normalized spacial score (nSPS) is 21.5. The van der Waals surface area contributed by atoms with Crippen LogP contribution in [0.2, 0.25) is 0 Å². The molecule has 21 heavy (non-hydrogen) atoms. The first kappa shape index (κ1) is 15.9. The summed E-state index contributed by atoms with van der Waals surface area (Å²) in [6.07, 6.45) is 2.58. The van der Waals surface area contributed by atoms with Crippen LogP contribution in [0.5, 0.6) is 0 Å². The highest BCUT2D eigenvalue weighted by molar-refractivity contribution is 7.89. The number of rotatable bonds is 5. The van der Waals surface area contributed by atoms with E-state index >= 15 is 0 Å². The number of aliphatic carboxylic acids is 1. The summed E-state index contributed by atoms with van der Waals surface area (Å²) in [6, 6.07) is 0.163. The van der Waals surface area contributed by atoms with Crippen LogP contribution in [0.25, 0.3) is 0 Å². The van der Waals surface area contributed by atoms with E-state index in [4.69, 9.17) is 5.11 Å². The van der Waals surface area contributed by atoms with Crippen LogP contribution in [0.3, 0.4) is 0 Å². The molecule has 118 valence electrons. The molecule has 0 aromatic carbocycles. The second-order valence-electron chi connectivity index (χ2n) is 5.28. The third-order valence-electron chi connectivity index (χ3n) is 3.72. The third-order valence-corrected chi connectivity index (χ3v) is 5.54. The van der Waals surface area contributed by atoms with Crippen LogP contribution in [0.4, 0.5) is 0 Å². The number of piperazine rings is 1. The number of carbonyl (C=O) groups is 1. The van der Waals surface area contributed by atoms with E-state index < -0.39 is 16.0 Å². The molecule has 1 N–H and O–H groups in total. The van der Waals surface area contributed by atoms with Gasteiger partial charge in [0.25, 0.3) is 0 Å². The van der Waals surface area contributed by atoms with E-state index in [9.17, 15) is 13.2 Å². The van der Waals surface area contributed by atoms with E-state index in [1.54, 1.807) is 0 Å². The molecule has 2 rings (SSSR count). The van der Waals surface area contributed by atoms with Gasteiger partial charge in [-0.2, -0.15) is 9.40 Å². The second kappa shape index (κ2) is 6.12. The van der Waals surface area contributed by atoms with E-state index in [1.165, 1.54) is 21.4 Å². The lowest BCUT2D eigenvalue weighted by atomic mass is 10.2. The summed E-state index contributed by atoms with van der Waals surface area (Å²) < 4.78 is 27.9. The highest BCUT2D eigenvalue weighted by Crippen LogP contribution is 2.18. The van der Waals surface area contributed by atoms with Crippen molar-refractivity contribution in [2.75, 3.05) is 26.7 Å². The van der Waals surface area contributed by atoms with Crippen LogP contribution in [0.15, 0.2) is 17.3 Å². The Morgan fingerprint density at radius 3 is 2.81 bits per heavy atom. The quantitative estimate of drug-likeness (QED) is 0.800. The number of likely N-dealkylation sites (N-methyl/N-ethyl adjacent to an activating group) is 1. The molecule has 1 aliphatic rings. The van der Waals surface area contributed by atoms with Gasteiger partial charge in [-0.05, 0) is 14.0 Å². The highest BCUT2D eigenvalue weighted by Gasteiger charge is 2.31. The van der Waals surface area contributed by atoms with Gasteiger partial charge in [0.1, 0.15) is 4.90 Å². The van der Waals surface area contributed by atoms with Crippen molar-refractivity contribution in [2.45, 2.75) is 30.8 Å². The minimum atomic E-state index is -3.56. The molecule has 2 heterocycles. The molecule has 1 saturated heterocycles. The van der Waals surface area contributed by atoms with E-state index in [0.717, 1.165) is 0 Å². The summed E-state index contributed by atoms with van der Waals surface area (Å²) >= 11 is 0. The highest BCUT2D eigenvalue weighted by atomic mass is 32.2. The minimum absolute atomic E-state index is 0.0906. The smallest absolute Gasteiger partial charge is 0.305 e. The summed E-state index contributed by atoms with van der Waals surface area (Å²) in [4.78, 5) is 12.7. The Balaban J connectivity index is 2.11. The second-order valence-corrected chi connectivity index (χ2v) is 7.21. The Morgan fingerprint density at radius 2 is 2.19 bits per heavy atom. The van der Waals surface area contributed by atoms with Crippen molar-refractivity contribution in [1.29, 1.82) is 0 Å². The van der Waals surface area contributed by atoms with Crippen LogP contribution >= 0.6 is 0 Å². The standard InChI is InChI=1S/C12H20N4O4S/c1-10-8-16(6-5-14(10)2)21(19,20)11-7-13-15(9-11)4-3-12(17)18/h7,9-10H,3-6,8H2,1-2H3,(H,17,18). The first-order chi connectivity index (χ1) is 9.80. The van der Waals surface area contributed by atoms with E-state index in [2.05, 4.69) is 10.00 Å². The molecule has 0 saturated carbocycles. The number of carboxylic acids is 1. The lowest BCUT2D eigenvalue weighted by Gasteiger charge is -2.36. The molecule has 0 amide bonds. The van der Waals surface area contributed by atoms with Gasteiger partial charge < -0.3 is 10.0 Å². The van der Waals surface area contributed by atoms with Crippen molar-refractivity contribution < 1.29 is 18.3 Å². The molecule has 1 aliphatic heterocycles. The predicted octanol–water partition coefficient (Wildman–Crippen LogP) is -0.318. The molecule has 8 nitrogen and oxygen atoms in total. The summed E-state index contributed by atoms with van der Waals surface area (Å²) in [6.45, 7) is 3.72. The number of nitrogens with zero attached hydrogens (tertiary/aromatic N) is 4. The zero-order valence-corrected chi connectivity index (χ0v) is 13.0. The third kappa shape index (κ3) is 3.60. The average molecular weight is 316 g/mol. The van der Waals surface area contributed by atoms with Gasteiger partial charge in [0.2, 0.25) is 10.0 Å². The van der Waals surface area contributed by atoms with E-state index in [1.807, 2.05) is 14.0 Å². The van der Waals surface area contributed by atoms with Gasteiger partial charge >= 0.3 is 5.97 Å². The monoisotopic (exact) mass is 316 g/mol. The Kier molecular flexibility index (Phi) is 4.64. The Hall–Kier alpha value is -1.45. The fourth-order valence-corrected chi connectivity index (χ4v) is 3.66. The summed E-state index contributed by atoms with van der Waals surface area (Å²) in [7, 11) is -1.59. The van der Waals surface area contributed by atoms with Crippen molar-refractivity contribution in [3.63, 3.8) is 0 Å². The van der Waals surface area contributed by atoms with Crippen LogP contribution in [0, 0.1) is 0 Å². The minimum Gasteiger partial charge on any atom is -0.481 e. The molecule has 1 unspecified atom stereocenters. The molecule has 9 heteroatoms. The van der Waals surface area contributed by atoms with Crippen LogP contribution in [-0.4, -0.2) is 71.2 Å². The molecule has 1 atom stereocenters. The van der Waals surface area contributed by atoms with Gasteiger partial charge in [-0.3, -0.25) is 9.48 Å². The maximum atomic E-state index is 12.5. The van der Waals surface area contributed by atoms with E-state index in [-0.39, 0.29) is 23.9 Å². The van der Waals surface area contributed by atoms with Crippen molar-refractivity contribution in [3.8, 4) is 0 Å². The van der Waals surface area contributed by atoms with Gasteiger partial charge in [0.05, 0.1) is 19.2 Å². The van der Waals surface area contributed by atoms with Crippen molar-refractivity contribution in [3.05, 3.63) is 12.4 Å². The lowest BCUT2D eigenvalue weighted by Crippen LogP contribution is -2.51. The molecule has 0 spiro atoms. The topological polar surface area (TPSA) is 95.7 Å². The van der Waals surface area contributed by atoms with E-state index in [0.29, 0.717) is 19.6 Å². The molecule has 1 fully saturated rings. The Labute approximate surface area is 124 Å².